The van der Waals surface area contributed by atoms with Gasteiger partial charge in [0.25, 0.3) is 0 Å². The number of hydrogen-bond donors (Lipinski definition) is 0. The van der Waals surface area contributed by atoms with Crippen LogP contribution in [0.3, 0.4) is 0 Å². The van der Waals surface area contributed by atoms with Crippen LogP contribution in [0.25, 0.3) is 0 Å². The van der Waals surface area contributed by atoms with Crippen LogP contribution in [0, 0.1) is 0 Å². The van der Waals surface area contributed by atoms with Crippen LogP contribution < -0.4 is 14.7 Å². The predicted molar refractivity (Wildman–Crippen MR) is 388 cm³/mol. The highest BCUT2D eigenvalue weighted by Crippen LogP contribution is 2.20. The topological polar surface area (TPSA) is 86.2 Å². The Kier molecular flexibility index (Phi) is 60.2. The lowest BCUT2D eigenvalue weighted by atomic mass is 10.0. The number of quaternary nitrogens is 3. The first-order valence-corrected chi connectivity index (χ1v) is 39.7. The number of nitrogens with zero attached hydrogens (tertiary/aromatic N) is 3. The summed E-state index contributed by atoms with van der Waals surface area (Å²) in [5, 5.41) is 0. The second-order valence-electron chi connectivity index (χ2n) is 29.3. The molecule has 518 valence electrons. The molecule has 0 fully saturated rings. The van der Waals surface area contributed by atoms with Gasteiger partial charge in [-0.05, 0) is 38.5 Å². The van der Waals surface area contributed by atoms with E-state index in [4.69, 9.17) is 19.2 Å². The van der Waals surface area contributed by atoms with Crippen LogP contribution in [0.4, 0.5) is 0 Å². The number of phosphoric acid groups is 1. The second kappa shape index (κ2) is 61.8. The van der Waals surface area contributed by atoms with Gasteiger partial charge in [-0.15, -0.1) is 0 Å². The minimum Gasteiger partial charge on any atom is -0.822 e. The zero-order valence-corrected chi connectivity index (χ0v) is 61.7. The molecule has 0 aliphatic carbocycles. The van der Waals surface area contributed by atoms with Crippen LogP contribution in [-0.4, -0.2) is 75.4 Å². The van der Waals surface area contributed by atoms with Crippen molar-refractivity contribution in [1.29, 1.82) is 0 Å². The molecule has 0 amide bonds. The Morgan fingerprint density at radius 3 is 0.494 bits per heavy atom. The first kappa shape index (κ1) is 86.7. The fourth-order valence-corrected chi connectivity index (χ4v) is 12.7. The highest BCUT2D eigenvalue weighted by atomic mass is 31.2. The van der Waals surface area contributed by atoms with E-state index in [1.54, 1.807) is 0 Å². The standard InChI is InChI=1S/3C27H50N.H3O4P/c3*1-4-5-6-7-8-9-10-11-12-13-14-15-16-17-18-22-25-28(2,3)26-27-23-20-19-21-24-27;1-5(2,3)4/h3*19-21,23-24H,4-18,22,25-26H2,1-3H3;(H3,1,2,3,4)/q3*+1;/p-3. The maximum absolute atomic E-state index is 8.55. The maximum atomic E-state index is 8.55. The van der Waals surface area contributed by atoms with Gasteiger partial charge in [0, 0.05) is 16.7 Å². The van der Waals surface area contributed by atoms with E-state index >= 15 is 0 Å². The van der Waals surface area contributed by atoms with Crippen molar-refractivity contribution in [1.82, 2.24) is 0 Å². The molecule has 0 radical (unpaired) electrons. The Balaban J connectivity index is 0.00000125. The van der Waals surface area contributed by atoms with Crippen LogP contribution in [0.5, 0.6) is 0 Å². The van der Waals surface area contributed by atoms with Crippen LogP contribution in [-0.2, 0) is 24.2 Å². The zero-order valence-electron chi connectivity index (χ0n) is 60.8. The van der Waals surface area contributed by atoms with Gasteiger partial charge < -0.3 is 32.7 Å². The van der Waals surface area contributed by atoms with Gasteiger partial charge in [0.2, 0.25) is 0 Å². The van der Waals surface area contributed by atoms with Crippen molar-refractivity contribution < 1.29 is 32.7 Å². The first-order valence-electron chi connectivity index (χ1n) is 38.2. The molecule has 3 aromatic carbocycles. The second-order valence-corrected chi connectivity index (χ2v) is 30.2. The SMILES string of the molecule is CCCCCCCCCCCCCCCCCC[N+](C)(C)Cc1ccccc1.CCCCCCCCCCCCCCCCCC[N+](C)(C)Cc1ccccc1.CCCCCCCCCCCCCCCCCC[N+](C)(C)Cc1ccccc1.O=P([O-])([O-])[O-]. The number of rotatable bonds is 57. The number of hydrogen-bond acceptors (Lipinski definition) is 4. The molecule has 0 aliphatic rings. The van der Waals surface area contributed by atoms with E-state index in [0.717, 1.165) is 33.1 Å². The average molecular weight is 1260 g/mol. The molecule has 0 bridgehead atoms. The van der Waals surface area contributed by atoms with Gasteiger partial charge in [0.15, 0.2) is 0 Å². The van der Waals surface area contributed by atoms with Gasteiger partial charge in [-0.1, -0.05) is 381 Å². The summed E-state index contributed by atoms with van der Waals surface area (Å²) in [6.07, 6.45) is 69.5. The van der Waals surface area contributed by atoms with Crippen LogP contribution in [0.2, 0.25) is 0 Å². The normalized spacial score (nSPS) is 11.8. The van der Waals surface area contributed by atoms with E-state index in [1.807, 2.05) is 0 Å². The van der Waals surface area contributed by atoms with Gasteiger partial charge in [0.1, 0.15) is 19.6 Å². The lowest BCUT2D eigenvalue weighted by molar-refractivity contribution is -0.903. The van der Waals surface area contributed by atoms with Crippen LogP contribution >= 0.6 is 7.82 Å². The molecule has 0 atom stereocenters. The molecule has 0 aromatic heterocycles. The van der Waals surface area contributed by atoms with Crippen molar-refractivity contribution in [3.63, 3.8) is 0 Å². The summed E-state index contributed by atoms with van der Waals surface area (Å²) < 4.78 is 11.9. The quantitative estimate of drug-likeness (QED) is 0.0320. The van der Waals surface area contributed by atoms with Crippen molar-refractivity contribution in [2.75, 3.05) is 61.9 Å². The molecule has 0 heterocycles. The fourth-order valence-electron chi connectivity index (χ4n) is 12.7. The molecule has 7 nitrogen and oxygen atoms in total. The minimum absolute atomic E-state index is 1.11. The molecule has 8 heteroatoms. The molecule has 3 rings (SSSR count). The van der Waals surface area contributed by atoms with Crippen molar-refractivity contribution in [3.05, 3.63) is 108 Å². The summed E-state index contributed by atoms with van der Waals surface area (Å²) in [5.41, 5.74) is 4.39. The monoisotopic (exact) mass is 1260 g/mol. The van der Waals surface area contributed by atoms with E-state index in [9.17, 15) is 0 Å². The maximum Gasteiger partial charge on any atom is 0.104 e. The summed E-state index contributed by atoms with van der Waals surface area (Å²) >= 11 is 0. The molecular weight excluding hydrogens is 1110 g/mol. The highest BCUT2D eigenvalue weighted by molar-refractivity contribution is 7.40. The lowest BCUT2D eigenvalue weighted by Gasteiger charge is -2.36. The van der Waals surface area contributed by atoms with Crippen molar-refractivity contribution in [3.8, 4) is 0 Å². The molecule has 89 heavy (non-hydrogen) atoms. The first-order chi connectivity index (χ1) is 42.9. The number of benzene rings is 3. The minimum atomic E-state index is -5.39. The molecule has 0 saturated heterocycles. The van der Waals surface area contributed by atoms with Crippen LogP contribution in [0.15, 0.2) is 91.0 Å². The smallest absolute Gasteiger partial charge is 0.104 e. The fraction of sp³-hybridized carbons (Fsp3) is 0.778. The van der Waals surface area contributed by atoms with Crippen LogP contribution in [0.1, 0.15) is 346 Å². The Labute approximate surface area is 555 Å². The molecule has 0 spiro atoms. The molecule has 3 aromatic rings. The van der Waals surface area contributed by atoms with Crippen molar-refractivity contribution >= 4 is 7.82 Å². The molecular formula is C81H150N3O4P. The van der Waals surface area contributed by atoms with Gasteiger partial charge in [-0.2, -0.15) is 7.82 Å². The summed E-state index contributed by atoms with van der Waals surface area (Å²) in [6, 6.07) is 32.8. The summed E-state index contributed by atoms with van der Waals surface area (Å²) in [6.45, 7) is 14.3. The lowest BCUT2D eigenvalue weighted by Crippen LogP contribution is -2.39. The van der Waals surface area contributed by atoms with E-state index in [1.165, 1.54) is 345 Å². The third-order valence-corrected chi connectivity index (χ3v) is 18.2. The van der Waals surface area contributed by atoms with Gasteiger partial charge in [-0.25, -0.2) is 0 Å². The van der Waals surface area contributed by atoms with E-state index in [2.05, 4.69) is 154 Å². The zero-order chi connectivity index (χ0) is 65.5. The largest absolute Gasteiger partial charge is 0.822 e. The molecule has 0 unspecified atom stereocenters. The molecule has 0 N–H and O–H groups in total. The molecule has 0 saturated carbocycles. The van der Waals surface area contributed by atoms with Crippen molar-refractivity contribution in [2.24, 2.45) is 0 Å². The van der Waals surface area contributed by atoms with Gasteiger partial charge in [0.05, 0.1) is 61.9 Å². The third kappa shape index (κ3) is 68.3. The van der Waals surface area contributed by atoms with Crippen molar-refractivity contribution in [2.45, 2.75) is 349 Å². The summed E-state index contributed by atoms with van der Waals surface area (Å²) in [4.78, 5) is 25.6. The van der Waals surface area contributed by atoms with E-state index in [-0.39, 0.29) is 0 Å². The summed E-state index contributed by atoms with van der Waals surface area (Å²) in [7, 11) is 8.85. The Bertz CT molecular complexity index is 1690. The van der Waals surface area contributed by atoms with E-state index < -0.39 is 7.82 Å². The number of unbranched alkanes of at least 4 members (excludes halogenated alkanes) is 45. The Hall–Kier alpha value is -2.35. The predicted octanol–water partition coefficient (Wildman–Crippen LogP) is 22.7. The average Bonchev–Trinajstić information content (AvgIpc) is 3.71. The van der Waals surface area contributed by atoms with Gasteiger partial charge in [-0.3, -0.25) is 0 Å². The summed E-state index contributed by atoms with van der Waals surface area (Å²) in [5.74, 6) is 0. The highest BCUT2D eigenvalue weighted by Gasteiger charge is 2.17. The van der Waals surface area contributed by atoms with Gasteiger partial charge >= 0.3 is 0 Å². The van der Waals surface area contributed by atoms with E-state index in [0.29, 0.717) is 0 Å². The third-order valence-electron chi connectivity index (χ3n) is 18.2. The Morgan fingerprint density at radius 1 is 0.236 bits per heavy atom. The molecule has 0 aliphatic heterocycles. The Morgan fingerprint density at radius 2 is 0.360 bits per heavy atom.